The molecule has 1 saturated heterocycles. The number of fused-ring (bicyclic) bond motifs is 1. The molecule has 1 N–H and O–H groups in total. The largest absolute Gasteiger partial charge is 0.497 e. The average molecular weight is 315 g/mol. The number of hydrogen-bond donors (Lipinski definition) is 1. The minimum Gasteiger partial charge on any atom is -0.497 e. The molecule has 1 fully saturated rings. The van der Waals surface area contributed by atoms with Crippen molar-refractivity contribution in [2.75, 3.05) is 26.9 Å². The molecular weight excluding hydrogens is 294 g/mol. The summed E-state index contributed by atoms with van der Waals surface area (Å²) in [7, 11) is 1.67. The number of methoxy groups -OCH3 is 1. The van der Waals surface area contributed by atoms with Crippen molar-refractivity contribution in [3.05, 3.63) is 42.0 Å². The van der Waals surface area contributed by atoms with Gasteiger partial charge in [0.2, 0.25) is 5.91 Å². The van der Waals surface area contributed by atoms with Gasteiger partial charge in [-0.2, -0.15) is 0 Å². The van der Waals surface area contributed by atoms with Gasteiger partial charge >= 0.3 is 0 Å². The number of carbonyl (C=O) groups excluding carboxylic acids is 1. The molecule has 0 atom stereocenters. The van der Waals surface area contributed by atoms with Crippen LogP contribution < -0.4 is 10.1 Å². The van der Waals surface area contributed by atoms with E-state index in [1.165, 1.54) is 17.9 Å². The number of carbonyl (C=O) groups is 1. The summed E-state index contributed by atoms with van der Waals surface area (Å²) in [5.74, 6) is 0.948. The van der Waals surface area contributed by atoms with Gasteiger partial charge in [0.1, 0.15) is 5.75 Å². The fraction of sp³-hybridized carbons (Fsp3) is 0.389. The van der Waals surface area contributed by atoms with E-state index in [4.69, 9.17) is 14.2 Å². The molecule has 0 radical (unpaired) electrons. The predicted molar refractivity (Wildman–Crippen MR) is 87.6 cm³/mol. The van der Waals surface area contributed by atoms with Gasteiger partial charge in [-0.1, -0.05) is 24.3 Å². The molecule has 0 unspecified atom stereocenters. The minimum absolute atomic E-state index is 0.0812. The minimum atomic E-state index is -0.370. The van der Waals surface area contributed by atoms with Crippen LogP contribution in [0.5, 0.6) is 5.75 Å². The van der Waals surface area contributed by atoms with E-state index in [1.807, 2.05) is 18.2 Å². The van der Waals surface area contributed by atoms with Crippen LogP contribution in [-0.2, 0) is 14.3 Å². The van der Waals surface area contributed by atoms with E-state index in [0.29, 0.717) is 19.8 Å². The Balaban J connectivity index is 1.73. The second-order valence-electron chi connectivity index (χ2n) is 5.66. The summed E-state index contributed by atoms with van der Waals surface area (Å²) >= 11 is 0. The van der Waals surface area contributed by atoms with Crippen LogP contribution in [0.15, 0.2) is 36.4 Å². The summed E-state index contributed by atoms with van der Waals surface area (Å²) in [5.41, 5.74) is 1.21. The third kappa shape index (κ3) is 3.63. The van der Waals surface area contributed by atoms with Crippen LogP contribution in [0.3, 0.4) is 0 Å². The van der Waals surface area contributed by atoms with Gasteiger partial charge in [-0.15, -0.1) is 0 Å². The van der Waals surface area contributed by atoms with E-state index < -0.39 is 0 Å². The maximum Gasteiger partial charge on any atom is 0.217 e. The van der Waals surface area contributed by atoms with Crippen molar-refractivity contribution >= 4 is 16.7 Å². The van der Waals surface area contributed by atoms with E-state index in [9.17, 15) is 4.79 Å². The molecular formula is C18H21NO4. The molecule has 1 amide bonds. The highest BCUT2D eigenvalue weighted by Crippen LogP contribution is 2.30. The summed E-state index contributed by atoms with van der Waals surface area (Å²) in [4.78, 5) is 10.9. The number of rotatable bonds is 4. The van der Waals surface area contributed by atoms with Crippen molar-refractivity contribution in [3.63, 3.8) is 0 Å². The molecule has 23 heavy (non-hydrogen) atoms. The molecule has 1 heterocycles. The van der Waals surface area contributed by atoms with E-state index in [-0.39, 0.29) is 18.1 Å². The summed E-state index contributed by atoms with van der Waals surface area (Å²) in [6.07, 6.45) is -0.370. The monoisotopic (exact) mass is 315 g/mol. The normalized spacial score (nSPS) is 21.1. The third-order valence-electron chi connectivity index (χ3n) is 4.05. The van der Waals surface area contributed by atoms with Gasteiger partial charge in [0.25, 0.3) is 0 Å². The Morgan fingerprint density at radius 2 is 2.04 bits per heavy atom. The SMILES string of the molecule is COc1ccc2c(C3COC(CNC(C)=O)OC3)cccc2c1. The zero-order valence-electron chi connectivity index (χ0n) is 13.4. The van der Waals surface area contributed by atoms with Gasteiger partial charge in [0.05, 0.1) is 26.9 Å². The first kappa shape index (κ1) is 15.8. The van der Waals surface area contributed by atoms with Crippen molar-refractivity contribution in [1.82, 2.24) is 5.32 Å². The van der Waals surface area contributed by atoms with E-state index in [1.54, 1.807) is 7.11 Å². The van der Waals surface area contributed by atoms with E-state index >= 15 is 0 Å². The molecule has 0 bridgehead atoms. The molecule has 1 aliphatic heterocycles. The van der Waals surface area contributed by atoms with Gasteiger partial charge in [-0.05, 0) is 28.5 Å². The lowest BCUT2D eigenvalue weighted by Gasteiger charge is -2.30. The number of hydrogen-bond acceptors (Lipinski definition) is 4. The molecule has 5 nitrogen and oxygen atoms in total. The smallest absolute Gasteiger partial charge is 0.217 e. The van der Waals surface area contributed by atoms with Gasteiger partial charge < -0.3 is 19.5 Å². The Morgan fingerprint density at radius 3 is 2.74 bits per heavy atom. The predicted octanol–water partition coefficient (Wildman–Crippen LogP) is 2.44. The molecule has 5 heteroatoms. The standard InChI is InChI=1S/C18H21NO4/c1-12(20)19-9-18-22-10-14(11-23-18)16-5-3-4-13-8-15(21-2)6-7-17(13)16/h3-8,14,18H,9-11H2,1-2H3,(H,19,20). The number of nitrogens with one attached hydrogen (secondary N) is 1. The lowest BCUT2D eigenvalue weighted by molar-refractivity contribution is -0.184. The van der Waals surface area contributed by atoms with E-state index in [0.717, 1.165) is 11.1 Å². The van der Waals surface area contributed by atoms with Crippen molar-refractivity contribution in [3.8, 4) is 5.75 Å². The molecule has 1 aliphatic rings. The van der Waals surface area contributed by atoms with Crippen LogP contribution in [0.2, 0.25) is 0 Å². The van der Waals surface area contributed by atoms with Crippen LogP contribution in [-0.4, -0.2) is 39.1 Å². The van der Waals surface area contributed by atoms with Crippen LogP contribution >= 0.6 is 0 Å². The van der Waals surface area contributed by atoms with Crippen LogP contribution in [0.1, 0.15) is 18.4 Å². The topological polar surface area (TPSA) is 56.8 Å². The number of amides is 1. The highest BCUT2D eigenvalue weighted by molar-refractivity contribution is 5.87. The highest BCUT2D eigenvalue weighted by Gasteiger charge is 2.24. The fourth-order valence-electron chi connectivity index (χ4n) is 2.84. The van der Waals surface area contributed by atoms with Gasteiger partial charge in [-0.25, -0.2) is 0 Å². The Kier molecular flexibility index (Phi) is 4.79. The summed E-state index contributed by atoms with van der Waals surface area (Å²) in [5, 5.41) is 5.04. The molecule has 122 valence electrons. The van der Waals surface area contributed by atoms with E-state index in [2.05, 4.69) is 23.5 Å². The molecule has 0 spiro atoms. The van der Waals surface area contributed by atoms with Crippen LogP contribution in [0, 0.1) is 0 Å². The lowest BCUT2D eigenvalue weighted by atomic mass is 9.94. The third-order valence-corrected chi connectivity index (χ3v) is 4.05. The van der Waals surface area contributed by atoms with Crippen molar-refractivity contribution in [2.45, 2.75) is 19.1 Å². The zero-order chi connectivity index (χ0) is 16.2. The first-order valence-corrected chi connectivity index (χ1v) is 7.71. The first-order chi connectivity index (χ1) is 11.2. The number of benzene rings is 2. The number of ether oxygens (including phenoxy) is 3. The molecule has 2 aromatic carbocycles. The van der Waals surface area contributed by atoms with Crippen LogP contribution in [0.25, 0.3) is 10.8 Å². The second kappa shape index (κ2) is 6.98. The summed E-state index contributed by atoms with van der Waals surface area (Å²) in [6, 6.07) is 12.3. The lowest BCUT2D eigenvalue weighted by Crippen LogP contribution is -2.39. The molecule has 3 rings (SSSR count). The summed E-state index contributed by atoms with van der Waals surface area (Å²) in [6.45, 7) is 3.02. The molecule has 2 aromatic rings. The Hall–Kier alpha value is -2.11. The Morgan fingerprint density at radius 1 is 1.26 bits per heavy atom. The maximum atomic E-state index is 10.9. The Labute approximate surface area is 135 Å². The van der Waals surface area contributed by atoms with Crippen molar-refractivity contribution in [2.24, 2.45) is 0 Å². The maximum absolute atomic E-state index is 10.9. The first-order valence-electron chi connectivity index (χ1n) is 7.71. The van der Waals surface area contributed by atoms with Gasteiger partial charge in [0.15, 0.2) is 6.29 Å². The molecule has 0 aliphatic carbocycles. The van der Waals surface area contributed by atoms with Gasteiger partial charge in [-0.3, -0.25) is 4.79 Å². The average Bonchev–Trinajstić information content (AvgIpc) is 2.59. The van der Waals surface area contributed by atoms with Crippen molar-refractivity contribution in [1.29, 1.82) is 0 Å². The fourth-order valence-corrected chi connectivity index (χ4v) is 2.84. The van der Waals surface area contributed by atoms with Crippen molar-refractivity contribution < 1.29 is 19.0 Å². The van der Waals surface area contributed by atoms with Crippen LogP contribution in [0.4, 0.5) is 0 Å². The second-order valence-corrected chi connectivity index (χ2v) is 5.66. The van der Waals surface area contributed by atoms with Gasteiger partial charge in [0, 0.05) is 12.8 Å². The highest BCUT2D eigenvalue weighted by atomic mass is 16.7. The quantitative estimate of drug-likeness (QED) is 0.941. The summed E-state index contributed by atoms with van der Waals surface area (Å²) < 4.78 is 16.7. The Bertz CT molecular complexity index is 692. The molecule has 0 saturated carbocycles. The molecule has 0 aromatic heterocycles. The zero-order valence-corrected chi connectivity index (χ0v) is 13.4.